The van der Waals surface area contributed by atoms with Gasteiger partial charge in [-0.15, -0.1) is 0 Å². The minimum absolute atomic E-state index is 0.0573. The van der Waals surface area contributed by atoms with Crippen LogP contribution in [0.3, 0.4) is 0 Å². The number of nitrogens with one attached hydrogen (secondary N) is 1. The molecule has 6 nitrogen and oxygen atoms in total. The lowest BCUT2D eigenvalue weighted by Gasteiger charge is -2.34. The second kappa shape index (κ2) is 5.32. The molecular formula is C10H20N2O4S. The summed E-state index contributed by atoms with van der Waals surface area (Å²) in [6.45, 7) is 5.78. The Bertz CT molecular complexity index is 380. The lowest BCUT2D eigenvalue weighted by molar-refractivity contribution is -0.143. The van der Waals surface area contributed by atoms with Crippen molar-refractivity contribution in [1.29, 1.82) is 0 Å². The van der Waals surface area contributed by atoms with E-state index >= 15 is 0 Å². The number of carbonyl (C=O) groups is 1. The Hall–Kier alpha value is -0.660. The molecule has 0 bridgehead atoms. The molecule has 1 heterocycles. The third-order valence-corrected chi connectivity index (χ3v) is 4.45. The number of hydrogen-bond donors (Lipinski definition) is 2. The molecule has 2 N–H and O–H groups in total. The van der Waals surface area contributed by atoms with Crippen LogP contribution in [0, 0.1) is 11.8 Å². The normalized spacial score (nSPS) is 27.3. The van der Waals surface area contributed by atoms with Gasteiger partial charge in [-0.05, 0) is 26.2 Å². The van der Waals surface area contributed by atoms with E-state index in [1.807, 2.05) is 6.92 Å². The van der Waals surface area contributed by atoms with Gasteiger partial charge in [-0.25, -0.2) is 0 Å². The summed E-state index contributed by atoms with van der Waals surface area (Å²) in [5.41, 5.74) is 0. The van der Waals surface area contributed by atoms with Crippen LogP contribution in [-0.4, -0.2) is 42.9 Å². The first kappa shape index (κ1) is 14.4. The molecule has 1 aliphatic rings. The molecule has 1 rings (SSSR count). The van der Waals surface area contributed by atoms with Crippen LogP contribution in [-0.2, 0) is 15.0 Å². The van der Waals surface area contributed by atoms with E-state index in [9.17, 15) is 13.2 Å². The predicted octanol–water partition coefficient (Wildman–Crippen LogP) is 0.272. The Kier molecular flexibility index (Phi) is 4.51. The first-order chi connectivity index (χ1) is 7.72. The fraction of sp³-hybridized carbons (Fsp3) is 0.900. The maximum atomic E-state index is 11.9. The highest BCUT2D eigenvalue weighted by molar-refractivity contribution is 7.87. The van der Waals surface area contributed by atoms with Gasteiger partial charge >= 0.3 is 5.97 Å². The summed E-state index contributed by atoms with van der Waals surface area (Å²) in [5.74, 6) is -1.47. The van der Waals surface area contributed by atoms with Crippen LogP contribution in [0.4, 0.5) is 0 Å². The zero-order valence-electron chi connectivity index (χ0n) is 10.4. The van der Waals surface area contributed by atoms with Gasteiger partial charge in [0.25, 0.3) is 10.2 Å². The molecule has 0 aliphatic carbocycles. The number of aliphatic carboxylic acids is 1. The second-order valence-electron chi connectivity index (χ2n) is 4.97. The van der Waals surface area contributed by atoms with Crippen LogP contribution in [0.25, 0.3) is 0 Å². The summed E-state index contributed by atoms with van der Waals surface area (Å²) >= 11 is 0. The van der Waals surface area contributed by atoms with Crippen LogP contribution in [0.15, 0.2) is 0 Å². The van der Waals surface area contributed by atoms with Gasteiger partial charge in [0.2, 0.25) is 0 Å². The Morgan fingerprint density at radius 2 is 2.00 bits per heavy atom. The molecule has 7 heteroatoms. The van der Waals surface area contributed by atoms with Crippen molar-refractivity contribution < 1.29 is 18.3 Å². The van der Waals surface area contributed by atoms with E-state index in [0.29, 0.717) is 13.0 Å². The van der Waals surface area contributed by atoms with Gasteiger partial charge in [-0.3, -0.25) is 4.79 Å². The van der Waals surface area contributed by atoms with Gasteiger partial charge in [0, 0.05) is 19.1 Å². The van der Waals surface area contributed by atoms with Gasteiger partial charge in [-0.1, -0.05) is 6.92 Å². The maximum absolute atomic E-state index is 11.9. The average Bonchev–Trinajstić information content (AvgIpc) is 2.14. The minimum atomic E-state index is -3.56. The Morgan fingerprint density at radius 1 is 1.41 bits per heavy atom. The van der Waals surface area contributed by atoms with E-state index in [4.69, 9.17) is 5.11 Å². The van der Waals surface area contributed by atoms with Crippen LogP contribution >= 0.6 is 0 Å². The summed E-state index contributed by atoms with van der Waals surface area (Å²) in [6, 6.07) is -0.194. The summed E-state index contributed by atoms with van der Waals surface area (Å²) in [6.07, 6.45) is 0.531. The predicted molar refractivity (Wildman–Crippen MR) is 63.7 cm³/mol. The van der Waals surface area contributed by atoms with Gasteiger partial charge in [0.1, 0.15) is 0 Å². The molecule has 0 aromatic rings. The SMILES string of the molecule is CC1CC(C(=O)O)CN(S(=O)(=O)NC(C)C)C1. The van der Waals surface area contributed by atoms with Crippen molar-refractivity contribution >= 4 is 16.2 Å². The zero-order valence-corrected chi connectivity index (χ0v) is 11.2. The number of carboxylic acid groups (broad SMARTS) is 1. The van der Waals surface area contributed by atoms with Crippen molar-refractivity contribution in [3.05, 3.63) is 0 Å². The number of piperidine rings is 1. The highest BCUT2D eigenvalue weighted by Gasteiger charge is 2.35. The maximum Gasteiger partial charge on any atom is 0.307 e. The van der Waals surface area contributed by atoms with E-state index in [1.54, 1.807) is 13.8 Å². The topological polar surface area (TPSA) is 86.7 Å². The Labute approximate surface area is 102 Å². The average molecular weight is 264 g/mol. The lowest BCUT2D eigenvalue weighted by atomic mass is 9.92. The van der Waals surface area contributed by atoms with Crippen LogP contribution < -0.4 is 4.72 Å². The minimum Gasteiger partial charge on any atom is -0.481 e. The quantitative estimate of drug-likeness (QED) is 0.763. The van der Waals surface area contributed by atoms with Gasteiger partial charge in [-0.2, -0.15) is 17.4 Å². The fourth-order valence-electron chi connectivity index (χ4n) is 2.05. The van der Waals surface area contributed by atoms with Crippen molar-refractivity contribution in [2.24, 2.45) is 11.8 Å². The van der Waals surface area contributed by atoms with Crippen LogP contribution in [0.1, 0.15) is 27.2 Å². The van der Waals surface area contributed by atoms with Crippen molar-refractivity contribution in [2.45, 2.75) is 33.2 Å². The van der Waals surface area contributed by atoms with Crippen molar-refractivity contribution in [1.82, 2.24) is 9.03 Å². The van der Waals surface area contributed by atoms with Crippen molar-refractivity contribution in [3.8, 4) is 0 Å². The largest absolute Gasteiger partial charge is 0.481 e. The molecule has 0 aromatic carbocycles. The van der Waals surface area contributed by atoms with Crippen LogP contribution in [0.5, 0.6) is 0 Å². The van der Waals surface area contributed by atoms with E-state index < -0.39 is 22.1 Å². The molecule has 1 fully saturated rings. The van der Waals surface area contributed by atoms with E-state index in [-0.39, 0.29) is 18.5 Å². The molecule has 17 heavy (non-hydrogen) atoms. The van der Waals surface area contributed by atoms with Gasteiger partial charge in [0.15, 0.2) is 0 Å². The highest BCUT2D eigenvalue weighted by atomic mass is 32.2. The summed E-state index contributed by atoms with van der Waals surface area (Å²) in [4.78, 5) is 11.0. The number of carboxylic acids is 1. The summed E-state index contributed by atoms with van der Waals surface area (Å²) in [7, 11) is -3.56. The smallest absolute Gasteiger partial charge is 0.307 e. The van der Waals surface area contributed by atoms with E-state index in [1.165, 1.54) is 4.31 Å². The zero-order chi connectivity index (χ0) is 13.2. The molecule has 2 unspecified atom stereocenters. The van der Waals surface area contributed by atoms with Gasteiger partial charge in [0.05, 0.1) is 5.92 Å². The molecule has 100 valence electrons. The third-order valence-electron chi connectivity index (χ3n) is 2.70. The first-order valence-electron chi connectivity index (χ1n) is 5.72. The van der Waals surface area contributed by atoms with Crippen LogP contribution in [0.2, 0.25) is 0 Å². The van der Waals surface area contributed by atoms with Gasteiger partial charge < -0.3 is 5.11 Å². The number of nitrogens with zero attached hydrogens (tertiary/aromatic N) is 1. The third kappa shape index (κ3) is 3.93. The highest BCUT2D eigenvalue weighted by Crippen LogP contribution is 2.23. The second-order valence-corrected chi connectivity index (χ2v) is 6.67. The summed E-state index contributed by atoms with van der Waals surface area (Å²) in [5, 5.41) is 8.98. The molecule has 0 radical (unpaired) electrons. The monoisotopic (exact) mass is 264 g/mol. The first-order valence-corrected chi connectivity index (χ1v) is 7.16. The molecule has 1 saturated heterocycles. The van der Waals surface area contributed by atoms with E-state index in [0.717, 1.165) is 0 Å². The lowest BCUT2D eigenvalue weighted by Crippen LogP contribution is -2.51. The molecule has 1 aliphatic heterocycles. The van der Waals surface area contributed by atoms with Crippen molar-refractivity contribution in [2.75, 3.05) is 13.1 Å². The number of rotatable bonds is 4. The Morgan fingerprint density at radius 3 is 2.47 bits per heavy atom. The number of hydrogen-bond acceptors (Lipinski definition) is 3. The molecule has 2 atom stereocenters. The summed E-state index contributed by atoms with van der Waals surface area (Å²) < 4.78 is 27.6. The molecule has 0 saturated carbocycles. The van der Waals surface area contributed by atoms with Crippen molar-refractivity contribution in [3.63, 3.8) is 0 Å². The van der Waals surface area contributed by atoms with E-state index in [2.05, 4.69) is 4.72 Å². The standard InChI is InChI=1S/C10H20N2O4S/c1-7(2)11-17(15,16)12-5-8(3)4-9(6-12)10(13)14/h7-9,11H,4-6H2,1-3H3,(H,13,14). The molecule has 0 amide bonds. The molecule has 0 spiro atoms. The Balaban J connectivity index is 2.80. The fourth-order valence-corrected chi connectivity index (χ4v) is 3.62. The molecule has 0 aromatic heterocycles. The molecular weight excluding hydrogens is 244 g/mol.